The number of aromatic nitrogens is 1. The molecule has 0 spiro atoms. The van der Waals surface area contributed by atoms with Gasteiger partial charge in [0.1, 0.15) is 17.2 Å². The lowest BCUT2D eigenvalue weighted by Crippen LogP contribution is -2.28. The highest BCUT2D eigenvalue weighted by molar-refractivity contribution is 5.79. The van der Waals surface area contributed by atoms with Gasteiger partial charge >= 0.3 is 0 Å². The molecule has 140 valence electrons. The van der Waals surface area contributed by atoms with Gasteiger partial charge in [0.2, 0.25) is 5.91 Å². The number of likely N-dealkylation sites (N-methyl/N-ethyl adjacent to an activating group) is 1. The molecule has 1 heterocycles. The topological polar surface area (TPSA) is 60.9 Å². The first-order valence-corrected chi connectivity index (χ1v) is 8.35. The summed E-state index contributed by atoms with van der Waals surface area (Å²) >= 11 is 0. The maximum Gasteiger partial charge on any atom is 0.227 e. The Hall–Kier alpha value is -2.76. The fourth-order valence-electron chi connectivity index (χ4n) is 2.84. The Morgan fingerprint density at radius 3 is 2.46 bits per heavy atom. The molecule has 1 aromatic heterocycles. The maximum absolute atomic E-state index is 12.7. The van der Waals surface area contributed by atoms with E-state index in [2.05, 4.69) is 4.98 Å². The Labute approximate surface area is 154 Å². The molecule has 0 atom stereocenters. The number of rotatable bonds is 7. The third-order valence-corrected chi connectivity index (χ3v) is 4.40. The van der Waals surface area contributed by atoms with Crippen LogP contribution in [0.15, 0.2) is 24.4 Å². The molecule has 0 unspecified atom stereocenters. The van der Waals surface area contributed by atoms with E-state index >= 15 is 0 Å². The highest BCUT2D eigenvalue weighted by Crippen LogP contribution is 2.26. The maximum atomic E-state index is 12.7. The number of methoxy groups -OCH3 is 3. The van der Waals surface area contributed by atoms with E-state index in [1.807, 2.05) is 26.0 Å². The monoisotopic (exact) mass is 358 g/mol. The van der Waals surface area contributed by atoms with Crippen molar-refractivity contribution in [3.63, 3.8) is 0 Å². The van der Waals surface area contributed by atoms with E-state index in [0.717, 1.165) is 28.1 Å². The van der Waals surface area contributed by atoms with E-state index < -0.39 is 0 Å². The summed E-state index contributed by atoms with van der Waals surface area (Å²) in [6, 6.07) is 5.45. The SMILES string of the molecule is COc1ccc(CC(=O)N(C)Cc2ncc(C)c(OC)c2C)c(OC)c1. The number of benzene rings is 1. The molecule has 6 nitrogen and oxygen atoms in total. The number of amides is 1. The minimum atomic E-state index is -0.0193. The molecule has 0 N–H and O–H groups in total. The van der Waals surface area contributed by atoms with Gasteiger partial charge in [0.25, 0.3) is 0 Å². The molecule has 0 saturated heterocycles. The molecule has 0 aliphatic carbocycles. The molecule has 6 heteroatoms. The van der Waals surface area contributed by atoms with Crippen molar-refractivity contribution in [2.45, 2.75) is 26.8 Å². The second kappa shape index (κ2) is 8.56. The van der Waals surface area contributed by atoms with E-state index in [1.165, 1.54) is 0 Å². The van der Waals surface area contributed by atoms with Crippen LogP contribution in [-0.2, 0) is 17.8 Å². The molecule has 1 aromatic carbocycles. The van der Waals surface area contributed by atoms with Gasteiger partial charge in [0.05, 0.1) is 40.0 Å². The van der Waals surface area contributed by atoms with Gasteiger partial charge < -0.3 is 19.1 Å². The third-order valence-electron chi connectivity index (χ3n) is 4.40. The summed E-state index contributed by atoms with van der Waals surface area (Å²) in [6.45, 7) is 4.33. The Morgan fingerprint density at radius 1 is 1.12 bits per heavy atom. The summed E-state index contributed by atoms with van der Waals surface area (Å²) in [5, 5.41) is 0. The molecule has 2 rings (SSSR count). The molecule has 0 bridgehead atoms. The van der Waals surface area contributed by atoms with Crippen molar-refractivity contribution in [1.29, 1.82) is 0 Å². The summed E-state index contributed by atoms with van der Waals surface area (Å²) in [4.78, 5) is 18.8. The first-order chi connectivity index (χ1) is 12.4. The molecule has 0 radical (unpaired) electrons. The Bertz CT molecular complexity index is 790. The van der Waals surface area contributed by atoms with Crippen LogP contribution in [0.1, 0.15) is 22.4 Å². The summed E-state index contributed by atoms with van der Waals surface area (Å²) in [5.74, 6) is 2.12. The second-order valence-electron chi connectivity index (χ2n) is 6.15. The molecule has 2 aromatic rings. The molecule has 1 amide bonds. The van der Waals surface area contributed by atoms with Crippen LogP contribution in [0.3, 0.4) is 0 Å². The quantitative estimate of drug-likeness (QED) is 0.762. The van der Waals surface area contributed by atoms with Gasteiger partial charge in [-0.2, -0.15) is 0 Å². The Balaban J connectivity index is 2.14. The smallest absolute Gasteiger partial charge is 0.227 e. The van der Waals surface area contributed by atoms with Crippen molar-refractivity contribution >= 4 is 5.91 Å². The van der Waals surface area contributed by atoms with E-state index in [9.17, 15) is 4.79 Å². The first kappa shape index (κ1) is 19.6. The zero-order valence-corrected chi connectivity index (χ0v) is 16.3. The van der Waals surface area contributed by atoms with E-state index in [-0.39, 0.29) is 12.3 Å². The largest absolute Gasteiger partial charge is 0.497 e. The molecular formula is C20H26N2O4. The van der Waals surface area contributed by atoms with Crippen LogP contribution in [0, 0.1) is 13.8 Å². The van der Waals surface area contributed by atoms with Crippen molar-refractivity contribution in [2.75, 3.05) is 28.4 Å². The van der Waals surface area contributed by atoms with Crippen molar-refractivity contribution in [1.82, 2.24) is 9.88 Å². The van der Waals surface area contributed by atoms with Crippen LogP contribution in [-0.4, -0.2) is 44.2 Å². The lowest BCUT2D eigenvalue weighted by Gasteiger charge is -2.20. The minimum absolute atomic E-state index is 0.0193. The number of pyridine rings is 1. The van der Waals surface area contributed by atoms with Gasteiger partial charge in [-0.05, 0) is 19.9 Å². The van der Waals surface area contributed by atoms with Gasteiger partial charge in [-0.3, -0.25) is 9.78 Å². The summed E-state index contributed by atoms with van der Waals surface area (Å²) < 4.78 is 16.0. The van der Waals surface area contributed by atoms with Crippen LogP contribution >= 0.6 is 0 Å². The van der Waals surface area contributed by atoms with Crippen LogP contribution in [0.2, 0.25) is 0 Å². The first-order valence-electron chi connectivity index (χ1n) is 8.35. The van der Waals surface area contributed by atoms with Crippen LogP contribution in [0.5, 0.6) is 17.2 Å². The highest BCUT2D eigenvalue weighted by atomic mass is 16.5. The van der Waals surface area contributed by atoms with Gasteiger partial charge in [0, 0.05) is 36.0 Å². The zero-order valence-electron chi connectivity index (χ0n) is 16.3. The second-order valence-corrected chi connectivity index (χ2v) is 6.15. The average molecular weight is 358 g/mol. The van der Waals surface area contributed by atoms with Crippen molar-refractivity contribution < 1.29 is 19.0 Å². The lowest BCUT2D eigenvalue weighted by atomic mass is 10.1. The average Bonchev–Trinajstić information content (AvgIpc) is 2.64. The number of hydrogen-bond acceptors (Lipinski definition) is 5. The summed E-state index contributed by atoms with van der Waals surface area (Å²) in [6.07, 6.45) is 2.01. The van der Waals surface area contributed by atoms with Gasteiger partial charge in [-0.15, -0.1) is 0 Å². The molecule has 26 heavy (non-hydrogen) atoms. The molecular weight excluding hydrogens is 332 g/mol. The van der Waals surface area contributed by atoms with E-state index in [1.54, 1.807) is 45.5 Å². The molecule has 0 saturated carbocycles. The predicted molar refractivity (Wildman–Crippen MR) is 100.0 cm³/mol. The standard InChI is InChI=1S/C20H26N2O4/c1-13-11-21-17(14(2)20(13)26-6)12-22(3)19(23)9-15-7-8-16(24-4)10-18(15)25-5/h7-8,10-11H,9,12H2,1-6H3. The third kappa shape index (κ3) is 4.25. The summed E-state index contributed by atoms with van der Waals surface area (Å²) in [7, 11) is 6.59. The van der Waals surface area contributed by atoms with Crippen LogP contribution in [0.25, 0.3) is 0 Å². The van der Waals surface area contributed by atoms with Crippen molar-refractivity contribution in [3.05, 3.63) is 46.8 Å². The van der Waals surface area contributed by atoms with Gasteiger partial charge in [-0.1, -0.05) is 6.07 Å². The highest BCUT2D eigenvalue weighted by Gasteiger charge is 2.17. The number of ether oxygens (including phenoxy) is 3. The number of carbonyl (C=O) groups excluding carboxylic acids is 1. The Kier molecular flexibility index (Phi) is 6.44. The van der Waals surface area contributed by atoms with Gasteiger partial charge in [0.15, 0.2) is 0 Å². The number of nitrogens with zero attached hydrogens (tertiary/aromatic N) is 2. The van der Waals surface area contributed by atoms with E-state index in [0.29, 0.717) is 18.0 Å². The van der Waals surface area contributed by atoms with Crippen LogP contribution in [0.4, 0.5) is 0 Å². The zero-order chi connectivity index (χ0) is 19.3. The van der Waals surface area contributed by atoms with Gasteiger partial charge in [-0.25, -0.2) is 0 Å². The Morgan fingerprint density at radius 2 is 1.85 bits per heavy atom. The fraction of sp³-hybridized carbons (Fsp3) is 0.400. The van der Waals surface area contributed by atoms with Crippen molar-refractivity contribution in [3.8, 4) is 17.2 Å². The fourth-order valence-corrected chi connectivity index (χ4v) is 2.84. The minimum Gasteiger partial charge on any atom is -0.497 e. The normalized spacial score (nSPS) is 10.4. The van der Waals surface area contributed by atoms with Crippen molar-refractivity contribution in [2.24, 2.45) is 0 Å². The summed E-state index contributed by atoms with van der Waals surface area (Å²) in [5.41, 5.74) is 3.57. The molecule has 0 aliphatic rings. The van der Waals surface area contributed by atoms with Crippen LogP contribution < -0.4 is 14.2 Å². The lowest BCUT2D eigenvalue weighted by molar-refractivity contribution is -0.129. The number of hydrogen-bond donors (Lipinski definition) is 0. The molecule has 0 aliphatic heterocycles. The predicted octanol–water partition coefficient (Wildman–Crippen LogP) is 2.93. The number of carbonyl (C=O) groups is 1. The molecule has 0 fully saturated rings. The van der Waals surface area contributed by atoms with E-state index in [4.69, 9.17) is 14.2 Å². The number of aryl methyl sites for hydroxylation is 1.